The molecule has 0 bridgehead atoms. The summed E-state index contributed by atoms with van der Waals surface area (Å²) in [6, 6.07) is 8.43. The van der Waals surface area contributed by atoms with Crippen LogP contribution in [0, 0.1) is 5.92 Å². The summed E-state index contributed by atoms with van der Waals surface area (Å²) in [4.78, 5) is 4.86. The number of aliphatic hydroxyl groups is 1. The van der Waals surface area contributed by atoms with Crippen molar-refractivity contribution in [2.75, 3.05) is 0 Å². The number of benzene rings is 1. The molecule has 3 nitrogen and oxygen atoms in total. The lowest BCUT2D eigenvalue weighted by Crippen LogP contribution is -2.15. The van der Waals surface area contributed by atoms with E-state index in [1.807, 2.05) is 0 Å². The standard InChI is InChI=1S/C18H26N2O/c1-2-11-20-17-10-6-5-9-16(17)19-18(20)13-14-7-3-4-8-15(21)12-14/h5-6,9-10,14-15,21H,2-4,7-8,11-13H2,1H3. The van der Waals surface area contributed by atoms with Gasteiger partial charge in [0.2, 0.25) is 0 Å². The van der Waals surface area contributed by atoms with Crippen LogP contribution in [0.1, 0.15) is 51.3 Å². The maximum absolute atomic E-state index is 10.0. The summed E-state index contributed by atoms with van der Waals surface area (Å²) in [5, 5.41) is 10.0. The molecule has 0 saturated heterocycles. The predicted octanol–water partition coefficient (Wildman–Crippen LogP) is 3.93. The third kappa shape index (κ3) is 3.29. The van der Waals surface area contributed by atoms with Gasteiger partial charge < -0.3 is 9.67 Å². The quantitative estimate of drug-likeness (QED) is 0.865. The lowest BCUT2D eigenvalue weighted by atomic mass is 9.95. The Morgan fingerprint density at radius 3 is 2.90 bits per heavy atom. The highest BCUT2D eigenvalue weighted by Gasteiger charge is 2.21. The van der Waals surface area contributed by atoms with Gasteiger partial charge in [0.15, 0.2) is 0 Å². The van der Waals surface area contributed by atoms with E-state index in [1.54, 1.807) is 0 Å². The molecule has 114 valence electrons. The second-order valence-electron chi connectivity index (χ2n) is 6.41. The molecule has 21 heavy (non-hydrogen) atoms. The summed E-state index contributed by atoms with van der Waals surface area (Å²) in [5.74, 6) is 1.78. The lowest BCUT2D eigenvalue weighted by Gasteiger charge is -2.17. The molecule has 0 amide bonds. The van der Waals surface area contributed by atoms with Gasteiger partial charge in [-0.05, 0) is 43.7 Å². The fraction of sp³-hybridized carbons (Fsp3) is 0.611. The molecule has 1 aliphatic rings. The third-order valence-corrected chi connectivity index (χ3v) is 4.66. The number of imidazole rings is 1. The van der Waals surface area contributed by atoms with E-state index in [0.717, 1.165) is 37.7 Å². The van der Waals surface area contributed by atoms with Gasteiger partial charge >= 0.3 is 0 Å². The van der Waals surface area contributed by atoms with Crippen molar-refractivity contribution in [3.63, 3.8) is 0 Å². The predicted molar refractivity (Wildman–Crippen MR) is 86.3 cm³/mol. The van der Waals surface area contributed by atoms with Crippen LogP contribution in [0.25, 0.3) is 11.0 Å². The normalized spacial score (nSPS) is 23.3. The maximum Gasteiger partial charge on any atom is 0.110 e. The fourth-order valence-corrected chi connectivity index (χ4v) is 3.63. The number of hydrogen-bond donors (Lipinski definition) is 1. The Morgan fingerprint density at radius 2 is 2.05 bits per heavy atom. The van der Waals surface area contributed by atoms with Gasteiger partial charge in [-0.25, -0.2) is 4.98 Å². The first kappa shape index (κ1) is 14.6. The van der Waals surface area contributed by atoms with Crippen LogP contribution in [0.5, 0.6) is 0 Å². The van der Waals surface area contributed by atoms with Crippen molar-refractivity contribution in [2.45, 2.75) is 64.5 Å². The molecule has 0 radical (unpaired) electrons. The van der Waals surface area contributed by atoms with Crippen LogP contribution in [0.3, 0.4) is 0 Å². The molecule has 1 saturated carbocycles. The first-order valence-corrected chi connectivity index (χ1v) is 8.40. The Balaban J connectivity index is 1.86. The average Bonchev–Trinajstić information content (AvgIpc) is 2.67. The van der Waals surface area contributed by atoms with Gasteiger partial charge in [0.25, 0.3) is 0 Å². The van der Waals surface area contributed by atoms with Crippen LogP contribution in [0.4, 0.5) is 0 Å². The molecule has 1 heterocycles. The van der Waals surface area contributed by atoms with Gasteiger partial charge in [-0.1, -0.05) is 31.9 Å². The molecule has 1 fully saturated rings. The molecular formula is C18H26N2O. The Kier molecular flexibility index (Phi) is 4.59. The van der Waals surface area contributed by atoms with E-state index in [2.05, 4.69) is 35.8 Å². The van der Waals surface area contributed by atoms with Crippen LogP contribution >= 0.6 is 0 Å². The van der Waals surface area contributed by atoms with Crippen LogP contribution in [0.15, 0.2) is 24.3 Å². The zero-order valence-corrected chi connectivity index (χ0v) is 13.0. The Labute approximate surface area is 127 Å². The summed E-state index contributed by atoms with van der Waals surface area (Å²) in [6.07, 6.45) is 7.58. The molecule has 2 atom stereocenters. The number of aliphatic hydroxyl groups excluding tert-OH is 1. The zero-order chi connectivity index (χ0) is 14.7. The molecule has 1 aromatic carbocycles. The molecule has 1 aliphatic carbocycles. The van der Waals surface area contributed by atoms with Gasteiger partial charge in [-0.2, -0.15) is 0 Å². The van der Waals surface area contributed by atoms with Gasteiger partial charge in [-0.15, -0.1) is 0 Å². The van der Waals surface area contributed by atoms with Crippen LogP contribution in [0.2, 0.25) is 0 Å². The van der Waals surface area contributed by atoms with Crippen molar-refractivity contribution in [1.82, 2.24) is 9.55 Å². The summed E-state index contributed by atoms with van der Waals surface area (Å²) in [6.45, 7) is 3.25. The topological polar surface area (TPSA) is 38.0 Å². The van der Waals surface area contributed by atoms with Gasteiger partial charge in [0.05, 0.1) is 17.1 Å². The minimum atomic E-state index is -0.110. The number of aromatic nitrogens is 2. The molecule has 0 aliphatic heterocycles. The number of fused-ring (bicyclic) bond motifs is 1. The number of para-hydroxylation sites is 2. The molecule has 3 heteroatoms. The van der Waals surface area contributed by atoms with Crippen molar-refractivity contribution in [1.29, 1.82) is 0 Å². The zero-order valence-electron chi connectivity index (χ0n) is 13.0. The van der Waals surface area contributed by atoms with Crippen LogP contribution in [-0.4, -0.2) is 20.8 Å². The van der Waals surface area contributed by atoms with E-state index in [1.165, 1.54) is 30.6 Å². The van der Waals surface area contributed by atoms with Crippen molar-refractivity contribution in [3.05, 3.63) is 30.1 Å². The highest BCUT2D eigenvalue weighted by molar-refractivity contribution is 5.75. The number of rotatable bonds is 4. The number of hydrogen-bond acceptors (Lipinski definition) is 2. The van der Waals surface area contributed by atoms with E-state index in [0.29, 0.717) is 5.92 Å². The first-order valence-electron chi connectivity index (χ1n) is 8.40. The summed E-state index contributed by atoms with van der Waals surface area (Å²) in [5.41, 5.74) is 2.36. The smallest absolute Gasteiger partial charge is 0.110 e. The Hall–Kier alpha value is -1.35. The van der Waals surface area contributed by atoms with Gasteiger partial charge in [0.1, 0.15) is 5.82 Å². The number of aryl methyl sites for hydroxylation is 1. The van der Waals surface area contributed by atoms with E-state index < -0.39 is 0 Å². The fourth-order valence-electron chi connectivity index (χ4n) is 3.63. The maximum atomic E-state index is 10.0. The third-order valence-electron chi connectivity index (χ3n) is 4.66. The van der Waals surface area contributed by atoms with E-state index in [9.17, 15) is 5.11 Å². The highest BCUT2D eigenvalue weighted by atomic mass is 16.3. The van der Waals surface area contributed by atoms with Crippen molar-refractivity contribution >= 4 is 11.0 Å². The molecule has 2 aromatic rings. The summed E-state index contributed by atoms with van der Waals surface area (Å²) in [7, 11) is 0. The summed E-state index contributed by atoms with van der Waals surface area (Å²) >= 11 is 0. The van der Waals surface area contributed by atoms with Crippen LogP contribution < -0.4 is 0 Å². The number of nitrogens with zero attached hydrogens (tertiary/aromatic N) is 2. The van der Waals surface area contributed by atoms with E-state index in [-0.39, 0.29) is 6.10 Å². The lowest BCUT2D eigenvalue weighted by molar-refractivity contribution is 0.140. The second kappa shape index (κ2) is 6.61. The largest absolute Gasteiger partial charge is 0.393 e. The Bertz CT molecular complexity index is 590. The first-order chi connectivity index (χ1) is 10.3. The molecule has 3 rings (SSSR count). The van der Waals surface area contributed by atoms with Gasteiger partial charge in [0, 0.05) is 13.0 Å². The molecule has 0 spiro atoms. The monoisotopic (exact) mass is 286 g/mol. The SMILES string of the molecule is CCCn1c(CC2CCCCC(O)C2)nc2ccccc21. The van der Waals surface area contributed by atoms with E-state index >= 15 is 0 Å². The van der Waals surface area contributed by atoms with Crippen LogP contribution in [-0.2, 0) is 13.0 Å². The molecule has 1 aromatic heterocycles. The van der Waals surface area contributed by atoms with Crippen molar-refractivity contribution < 1.29 is 5.11 Å². The Morgan fingerprint density at radius 1 is 1.24 bits per heavy atom. The molecule has 1 N–H and O–H groups in total. The summed E-state index contributed by atoms with van der Waals surface area (Å²) < 4.78 is 2.38. The minimum absolute atomic E-state index is 0.110. The molecule has 2 unspecified atom stereocenters. The second-order valence-corrected chi connectivity index (χ2v) is 6.41. The average molecular weight is 286 g/mol. The molecular weight excluding hydrogens is 260 g/mol. The minimum Gasteiger partial charge on any atom is -0.393 e. The van der Waals surface area contributed by atoms with Crippen molar-refractivity contribution in [2.24, 2.45) is 5.92 Å². The van der Waals surface area contributed by atoms with Crippen molar-refractivity contribution in [3.8, 4) is 0 Å². The highest BCUT2D eigenvalue weighted by Crippen LogP contribution is 2.27. The van der Waals surface area contributed by atoms with Gasteiger partial charge in [-0.3, -0.25) is 0 Å². The van der Waals surface area contributed by atoms with E-state index in [4.69, 9.17) is 4.98 Å².